The highest BCUT2D eigenvalue weighted by molar-refractivity contribution is 7.98. The number of carbonyl (C=O) groups is 2. The summed E-state index contributed by atoms with van der Waals surface area (Å²) in [6.45, 7) is 5.93. The first-order valence-corrected chi connectivity index (χ1v) is 11.6. The third kappa shape index (κ3) is 6.58. The van der Waals surface area contributed by atoms with Gasteiger partial charge in [-0.05, 0) is 42.5 Å². The predicted molar refractivity (Wildman–Crippen MR) is 124 cm³/mol. The van der Waals surface area contributed by atoms with Gasteiger partial charge in [0, 0.05) is 42.4 Å². The number of nitrogens with one attached hydrogen (secondary N) is 2. The Bertz CT molecular complexity index is 866. The maximum atomic E-state index is 12.4. The molecule has 1 aliphatic rings. The molecule has 1 fully saturated rings. The Balaban J connectivity index is 1.41. The number of aryl methyl sites for hydroxylation is 1. The molecule has 0 atom stereocenters. The Morgan fingerprint density at radius 2 is 1.53 bits per heavy atom. The number of benzene rings is 2. The molecule has 3 rings (SSSR count). The summed E-state index contributed by atoms with van der Waals surface area (Å²) in [7, 11) is 0. The lowest BCUT2D eigenvalue weighted by molar-refractivity contribution is -0.120. The summed E-state index contributed by atoms with van der Waals surface area (Å²) in [6.07, 6.45) is 2.90. The van der Waals surface area contributed by atoms with E-state index in [0.29, 0.717) is 13.1 Å². The molecule has 0 radical (unpaired) electrons. The average Bonchev–Trinajstić information content (AvgIpc) is 2.75. The van der Waals surface area contributed by atoms with Gasteiger partial charge in [0.15, 0.2) is 0 Å². The summed E-state index contributed by atoms with van der Waals surface area (Å²) in [5.41, 5.74) is 2.87. The number of nitrogens with zero attached hydrogens (tertiary/aromatic N) is 2. The highest BCUT2D eigenvalue weighted by atomic mass is 32.2. The summed E-state index contributed by atoms with van der Waals surface area (Å²) in [4.78, 5) is 30.2. The first-order chi connectivity index (χ1) is 14.6. The number of hydrogen-bond donors (Lipinski definition) is 2. The normalized spacial score (nSPS) is 15.0. The van der Waals surface area contributed by atoms with Crippen LogP contribution >= 0.6 is 11.8 Å². The van der Waals surface area contributed by atoms with Crippen LogP contribution in [0.1, 0.15) is 12.5 Å². The average molecular weight is 427 g/mol. The molecule has 2 aromatic rings. The molecule has 0 saturated carbocycles. The molecular weight excluding hydrogens is 396 g/mol. The molecule has 6 nitrogen and oxygen atoms in total. The standard InChI is InChI=1S/C23H30N4O2S/c1-3-18-7-4-5-10-21(18)25-23(29)17-27-13-11-26(12-14-27)16-22(28)24-19-8-6-9-20(15-19)30-2/h4-10,15H,3,11-14,16-17H2,1-2H3,(H,24,28)(H,25,29). The van der Waals surface area contributed by atoms with E-state index >= 15 is 0 Å². The van der Waals surface area contributed by atoms with Crippen LogP contribution in [0.5, 0.6) is 0 Å². The zero-order chi connectivity index (χ0) is 21.3. The van der Waals surface area contributed by atoms with Crippen molar-refractivity contribution in [1.82, 2.24) is 9.80 Å². The topological polar surface area (TPSA) is 64.7 Å². The van der Waals surface area contributed by atoms with Crippen LogP contribution in [0.3, 0.4) is 0 Å². The van der Waals surface area contributed by atoms with Crippen molar-refractivity contribution in [1.29, 1.82) is 0 Å². The van der Waals surface area contributed by atoms with Crippen molar-refractivity contribution in [3.8, 4) is 0 Å². The second-order valence-electron chi connectivity index (χ2n) is 7.39. The van der Waals surface area contributed by atoms with E-state index in [9.17, 15) is 9.59 Å². The highest BCUT2D eigenvalue weighted by Gasteiger charge is 2.21. The summed E-state index contributed by atoms with van der Waals surface area (Å²) in [5.74, 6) is 0.00591. The number of hydrogen-bond acceptors (Lipinski definition) is 5. The number of piperazine rings is 1. The molecule has 1 heterocycles. The van der Waals surface area contributed by atoms with Crippen molar-refractivity contribution in [3.05, 3.63) is 54.1 Å². The van der Waals surface area contributed by atoms with Gasteiger partial charge < -0.3 is 10.6 Å². The van der Waals surface area contributed by atoms with Crippen LogP contribution in [-0.2, 0) is 16.0 Å². The lowest BCUT2D eigenvalue weighted by Crippen LogP contribution is -2.50. The van der Waals surface area contributed by atoms with Crippen LogP contribution in [0.2, 0.25) is 0 Å². The van der Waals surface area contributed by atoms with E-state index in [4.69, 9.17) is 0 Å². The number of rotatable bonds is 8. The fourth-order valence-electron chi connectivity index (χ4n) is 3.55. The van der Waals surface area contributed by atoms with E-state index in [2.05, 4.69) is 27.4 Å². The van der Waals surface area contributed by atoms with Crippen molar-refractivity contribution in [2.24, 2.45) is 0 Å². The molecule has 30 heavy (non-hydrogen) atoms. The van der Waals surface area contributed by atoms with Crippen molar-refractivity contribution in [3.63, 3.8) is 0 Å². The van der Waals surface area contributed by atoms with Gasteiger partial charge in [-0.25, -0.2) is 0 Å². The van der Waals surface area contributed by atoms with Gasteiger partial charge in [-0.1, -0.05) is 31.2 Å². The number of amides is 2. The van der Waals surface area contributed by atoms with Crippen LogP contribution in [-0.4, -0.2) is 67.1 Å². The van der Waals surface area contributed by atoms with E-state index in [1.165, 1.54) is 0 Å². The third-order valence-corrected chi connectivity index (χ3v) is 5.95. The summed E-state index contributed by atoms with van der Waals surface area (Å²) >= 11 is 1.65. The fourth-order valence-corrected chi connectivity index (χ4v) is 4.01. The van der Waals surface area contributed by atoms with Gasteiger partial charge in [0.1, 0.15) is 0 Å². The fraction of sp³-hybridized carbons (Fsp3) is 0.391. The quantitative estimate of drug-likeness (QED) is 0.635. The Kier molecular flexibility index (Phi) is 8.30. The van der Waals surface area contributed by atoms with Crippen LogP contribution in [0.4, 0.5) is 11.4 Å². The van der Waals surface area contributed by atoms with Gasteiger partial charge in [0.05, 0.1) is 13.1 Å². The largest absolute Gasteiger partial charge is 0.325 e. The van der Waals surface area contributed by atoms with Crippen molar-refractivity contribution >= 4 is 35.0 Å². The minimum atomic E-state index is -0.00406. The smallest absolute Gasteiger partial charge is 0.238 e. The molecule has 0 aromatic heterocycles. The first kappa shape index (κ1) is 22.3. The zero-order valence-corrected chi connectivity index (χ0v) is 18.5. The molecule has 1 saturated heterocycles. The molecule has 2 aromatic carbocycles. The molecule has 0 bridgehead atoms. The zero-order valence-electron chi connectivity index (χ0n) is 17.7. The van der Waals surface area contributed by atoms with Gasteiger partial charge in [-0.2, -0.15) is 0 Å². The molecule has 2 N–H and O–H groups in total. The van der Waals surface area contributed by atoms with E-state index in [-0.39, 0.29) is 11.8 Å². The summed E-state index contributed by atoms with van der Waals surface area (Å²) < 4.78 is 0. The highest BCUT2D eigenvalue weighted by Crippen LogP contribution is 2.19. The molecule has 2 amide bonds. The minimum Gasteiger partial charge on any atom is -0.325 e. The van der Waals surface area contributed by atoms with Gasteiger partial charge in [0.2, 0.25) is 11.8 Å². The van der Waals surface area contributed by atoms with Gasteiger partial charge in [-0.3, -0.25) is 19.4 Å². The van der Waals surface area contributed by atoms with E-state index in [1.54, 1.807) is 11.8 Å². The maximum Gasteiger partial charge on any atom is 0.238 e. The Hall–Kier alpha value is -2.35. The molecule has 0 spiro atoms. The van der Waals surface area contributed by atoms with E-state index < -0.39 is 0 Å². The van der Waals surface area contributed by atoms with Crippen LogP contribution in [0.25, 0.3) is 0 Å². The second kappa shape index (κ2) is 11.2. The van der Waals surface area contributed by atoms with Crippen LogP contribution < -0.4 is 10.6 Å². The van der Waals surface area contributed by atoms with Crippen molar-refractivity contribution in [2.75, 3.05) is 56.2 Å². The van der Waals surface area contributed by atoms with Gasteiger partial charge in [-0.15, -0.1) is 11.8 Å². The van der Waals surface area contributed by atoms with Crippen molar-refractivity contribution in [2.45, 2.75) is 18.2 Å². The monoisotopic (exact) mass is 426 g/mol. The number of anilines is 2. The molecular formula is C23H30N4O2S. The molecule has 0 unspecified atom stereocenters. The van der Waals surface area contributed by atoms with Gasteiger partial charge in [0.25, 0.3) is 0 Å². The van der Waals surface area contributed by atoms with Crippen LogP contribution in [0, 0.1) is 0 Å². The second-order valence-corrected chi connectivity index (χ2v) is 8.27. The molecule has 1 aliphatic heterocycles. The van der Waals surface area contributed by atoms with Gasteiger partial charge >= 0.3 is 0 Å². The SMILES string of the molecule is CCc1ccccc1NC(=O)CN1CCN(CC(=O)Nc2cccc(SC)c2)CC1. The third-order valence-electron chi connectivity index (χ3n) is 5.23. The number of carbonyl (C=O) groups excluding carboxylic acids is 2. The molecule has 160 valence electrons. The van der Waals surface area contributed by atoms with Crippen molar-refractivity contribution < 1.29 is 9.59 Å². The lowest BCUT2D eigenvalue weighted by Gasteiger charge is -2.33. The predicted octanol–water partition coefficient (Wildman–Crippen LogP) is 3.17. The maximum absolute atomic E-state index is 12.4. The van der Waals surface area contributed by atoms with E-state index in [1.807, 2.05) is 54.8 Å². The minimum absolute atomic E-state index is 0.00406. The summed E-state index contributed by atoms with van der Waals surface area (Å²) in [6, 6.07) is 15.8. The lowest BCUT2D eigenvalue weighted by atomic mass is 10.1. The Morgan fingerprint density at radius 3 is 2.17 bits per heavy atom. The van der Waals surface area contributed by atoms with Crippen LogP contribution in [0.15, 0.2) is 53.4 Å². The Labute approximate surface area is 183 Å². The Morgan fingerprint density at radius 1 is 0.900 bits per heavy atom. The number of thioether (sulfide) groups is 1. The first-order valence-electron chi connectivity index (χ1n) is 10.3. The molecule has 0 aliphatic carbocycles. The van der Waals surface area contributed by atoms with E-state index in [0.717, 1.165) is 54.4 Å². The molecule has 7 heteroatoms. The number of para-hydroxylation sites is 1. The summed E-state index contributed by atoms with van der Waals surface area (Å²) in [5, 5.41) is 6.00.